The van der Waals surface area contributed by atoms with Crippen molar-refractivity contribution in [2.45, 2.75) is 6.18 Å². The molecule has 0 aliphatic carbocycles. The molecule has 2 heterocycles. The van der Waals surface area contributed by atoms with Crippen LogP contribution in [0.25, 0.3) is 0 Å². The van der Waals surface area contributed by atoms with E-state index in [1.807, 2.05) is 0 Å². The second kappa shape index (κ2) is 7.34. The molecule has 0 bridgehead atoms. The van der Waals surface area contributed by atoms with Crippen LogP contribution in [-0.4, -0.2) is 44.1 Å². The summed E-state index contributed by atoms with van der Waals surface area (Å²) in [5.74, 6) is -0.548. The number of halogens is 3. The number of benzene rings is 1. The number of amides is 1. The van der Waals surface area contributed by atoms with E-state index in [9.17, 15) is 22.8 Å². The Kier molecular flexibility index (Phi) is 5.11. The smallest absolute Gasteiger partial charge is 0.416 e. The van der Waals surface area contributed by atoms with Crippen LogP contribution in [0.4, 0.5) is 18.9 Å². The van der Waals surface area contributed by atoms with Crippen molar-refractivity contribution < 1.29 is 27.1 Å². The summed E-state index contributed by atoms with van der Waals surface area (Å²) in [4.78, 5) is 27.5. The lowest BCUT2D eigenvalue weighted by Crippen LogP contribution is -2.49. The number of carbonyl (C=O) groups is 1. The first-order valence-corrected chi connectivity index (χ1v) is 8.18. The van der Waals surface area contributed by atoms with Gasteiger partial charge >= 0.3 is 6.18 Å². The summed E-state index contributed by atoms with van der Waals surface area (Å²) < 4.78 is 48.5. The second-order valence-corrected chi connectivity index (χ2v) is 6.00. The van der Waals surface area contributed by atoms with Crippen LogP contribution in [0.15, 0.2) is 45.8 Å². The topological polar surface area (TPSA) is 63.0 Å². The summed E-state index contributed by atoms with van der Waals surface area (Å²) in [6, 6.07) is 6.16. The molecule has 0 atom stereocenters. The fourth-order valence-corrected chi connectivity index (χ4v) is 2.86. The van der Waals surface area contributed by atoms with Crippen LogP contribution >= 0.6 is 0 Å². The summed E-state index contributed by atoms with van der Waals surface area (Å²) in [7, 11) is 1.32. The zero-order chi connectivity index (χ0) is 19.6. The van der Waals surface area contributed by atoms with Crippen molar-refractivity contribution in [3.8, 4) is 5.75 Å². The summed E-state index contributed by atoms with van der Waals surface area (Å²) >= 11 is 0. The molecule has 9 heteroatoms. The van der Waals surface area contributed by atoms with Crippen LogP contribution in [0.2, 0.25) is 0 Å². The molecule has 2 aromatic rings. The predicted molar refractivity (Wildman–Crippen MR) is 91.1 cm³/mol. The number of anilines is 1. The van der Waals surface area contributed by atoms with Crippen LogP contribution in [0.5, 0.6) is 5.75 Å². The summed E-state index contributed by atoms with van der Waals surface area (Å²) in [5, 5.41) is 0. The lowest BCUT2D eigenvalue weighted by atomic mass is 10.1. The van der Waals surface area contributed by atoms with Gasteiger partial charge in [0.05, 0.1) is 12.7 Å². The highest BCUT2D eigenvalue weighted by Gasteiger charge is 2.31. The van der Waals surface area contributed by atoms with Crippen molar-refractivity contribution in [3.05, 3.63) is 58.1 Å². The zero-order valence-corrected chi connectivity index (χ0v) is 14.5. The van der Waals surface area contributed by atoms with Crippen LogP contribution in [0, 0.1) is 0 Å². The lowest BCUT2D eigenvalue weighted by molar-refractivity contribution is -0.137. The predicted octanol–water partition coefficient (Wildman–Crippen LogP) is 2.63. The van der Waals surface area contributed by atoms with Gasteiger partial charge in [0.1, 0.15) is 6.26 Å². The number of nitrogens with zero attached hydrogens (tertiary/aromatic N) is 2. The van der Waals surface area contributed by atoms with E-state index >= 15 is 0 Å². The first-order valence-electron chi connectivity index (χ1n) is 8.18. The maximum Gasteiger partial charge on any atom is 0.416 e. The average molecular weight is 382 g/mol. The number of rotatable bonds is 3. The van der Waals surface area contributed by atoms with Gasteiger partial charge in [-0.1, -0.05) is 6.07 Å². The van der Waals surface area contributed by atoms with Gasteiger partial charge in [0.15, 0.2) is 5.76 Å². The minimum atomic E-state index is -4.40. The molecular formula is C18H17F3N2O4. The molecule has 27 heavy (non-hydrogen) atoms. The van der Waals surface area contributed by atoms with E-state index in [1.54, 1.807) is 11.0 Å². The van der Waals surface area contributed by atoms with Crippen LogP contribution in [0.1, 0.15) is 16.1 Å². The van der Waals surface area contributed by atoms with E-state index < -0.39 is 23.1 Å². The number of hydrogen-bond donors (Lipinski definition) is 0. The fourth-order valence-electron chi connectivity index (χ4n) is 2.86. The molecule has 1 saturated heterocycles. The van der Waals surface area contributed by atoms with E-state index in [-0.39, 0.29) is 11.5 Å². The van der Waals surface area contributed by atoms with Crippen molar-refractivity contribution in [3.63, 3.8) is 0 Å². The summed E-state index contributed by atoms with van der Waals surface area (Å²) in [6.45, 7) is 1.33. The van der Waals surface area contributed by atoms with Crippen molar-refractivity contribution in [2.75, 3.05) is 38.2 Å². The van der Waals surface area contributed by atoms with Crippen LogP contribution < -0.4 is 15.1 Å². The third-order valence-corrected chi connectivity index (χ3v) is 4.33. The van der Waals surface area contributed by atoms with Crippen molar-refractivity contribution >= 4 is 11.6 Å². The third kappa shape index (κ3) is 4.07. The molecule has 1 aromatic carbocycles. The molecule has 1 aliphatic heterocycles. The maximum absolute atomic E-state index is 12.9. The molecule has 0 unspecified atom stereocenters. The number of ether oxygens (including phenoxy) is 1. The number of hydrogen-bond acceptors (Lipinski definition) is 5. The molecule has 3 rings (SSSR count). The molecule has 1 aliphatic rings. The second-order valence-electron chi connectivity index (χ2n) is 6.00. The largest absolute Gasteiger partial charge is 0.490 e. The first kappa shape index (κ1) is 18.8. The highest BCUT2D eigenvalue weighted by molar-refractivity contribution is 5.91. The molecule has 1 aromatic heterocycles. The van der Waals surface area contributed by atoms with E-state index in [4.69, 9.17) is 9.15 Å². The first-order chi connectivity index (χ1) is 12.8. The third-order valence-electron chi connectivity index (χ3n) is 4.33. The van der Waals surface area contributed by atoms with E-state index in [2.05, 4.69) is 0 Å². The number of piperazine rings is 1. The van der Waals surface area contributed by atoms with E-state index in [0.29, 0.717) is 31.9 Å². The van der Waals surface area contributed by atoms with E-state index in [0.717, 1.165) is 24.5 Å². The Labute approximate surface area is 152 Å². The quantitative estimate of drug-likeness (QED) is 0.817. The van der Waals surface area contributed by atoms with E-state index in [1.165, 1.54) is 18.1 Å². The molecule has 144 valence electrons. The standard InChI is InChI=1S/C18H17F3N2O4/c1-26-16-11-27-15(10-14(16)24)17(25)23-7-5-22(6-8-23)13-4-2-3-12(9-13)18(19,20)21/h2-4,9-11H,5-8H2,1H3. The zero-order valence-electron chi connectivity index (χ0n) is 14.5. The van der Waals surface area contributed by atoms with Crippen LogP contribution in [0.3, 0.4) is 0 Å². The number of carbonyl (C=O) groups excluding carboxylic acids is 1. The number of methoxy groups -OCH3 is 1. The Morgan fingerprint density at radius 2 is 1.85 bits per heavy atom. The maximum atomic E-state index is 12.9. The minimum Gasteiger partial charge on any atom is -0.490 e. The van der Waals surface area contributed by atoms with Crippen LogP contribution in [-0.2, 0) is 6.18 Å². The van der Waals surface area contributed by atoms with Gasteiger partial charge < -0.3 is 19.0 Å². The Bertz CT molecular complexity index is 887. The highest BCUT2D eigenvalue weighted by atomic mass is 19.4. The molecule has 0 N–H and O–H groups in total. The fraction of sp³-hybridized carbons (Fsp3) is 0.333. The number of alkyl halides is 3. The molecule has 6 nitrogen and oxygen atoms in total. The van der Waals surface area contributed by atoms with Crippen molar-refractivity contribution in [2.24, 2.45) is 0 Å². The van der Waals surface area contributed by atoms with Crippen molar-refractivity contribution in [1.82, 2.24) is 4.90 Å². The lowest BCUT2D eigenvalue weighted by Gasteiger charge is -2.36. The van der Waals surface area contributed by atoms with Gasteiger partial charge in [-0.05, 0) is 18.2 Å². The Morgan fingerprint density at radius 3 is 2.44 bits per heavy atom. The molecule has 0 spiro atoms. The van der Waals surface area contributed by atoms with Crippen molar-refractivity contribution in [1.29, 1.82) is 0 Å². The Morgan fingerprint density at radius 1 is 1.15 bits per heavy atom. The van der Waals surface area contributed by atoms with Gasteiger partial charge in [-0.2, -0.15) is 13.2 Å². The Balaban J connectivity index is 1.68. The summed E-state index contributed by atoms with van der Waals surface area (Å²) in [6.07, 6.45) is -3.33. The van der Waals surface area contributed by atoms with Gasteiger partial charge in [0.2, 0.25) is 11.2 Å². The average Bonchev–Trinajstić information content (AvgIpc) is 2.67. The van der Waals surface area contributed by atoms with Gasteiger partial charge in [0.25, 0.3) is 5.91 Å². The Hall–Kier alpha value is -2.97. The minimum absolute atomic E-state index is 0.000848. The monoisotopic (exact) mass is 382 g/mol. The van der Waals surface area contributed by atoms with Gasteiger partial charge in [-0.25, -0.2) is 0 Å². The summed E-state index contributed by atoms with van der Waals surface area (Å²) in [5.41, 5.74) is -0.721. The molecule has 1 fully saturated rings. The normalized spacial score (nSPS) is 15.0. The van der Waals surface area contributed by atoms with Gasteiger partial charge in [-0.3, -0.25) is 9.59 Å². The SMILES string of the molecule is COc1coc(C(=O)N2CCN(c3cccc(C(F)(F)F)c3)CC2)cc1=O. The highest BCUT2D eigenvalue weighted by Crippen LogP contribution is 2.31. The van der Waals surface area contributed by atoms with Gasteiger partial charge in [0, 0.05) is 37.9 Å². The molecule has 0 saturated carbocycles. The molecule has 0 radical (unpaired) electrons. The molecular weight excluding hydrogens is 365 g/mol. The van der Waals surface area contributed by atoms with Gasteiger partial charge in [-0.15, -0.1) is 0 Å². The molecule has 1 amide bonds.